The number of carbonyl (C=O) groups is 1. The molecule has 0 spiro atoms. The van der Waals surface area contributed by atoms with E-state index >= 15 is 0 Å². The van der Waals surface area contributed by atoms with Gasteiger partial charge in [-0.05, 0) is 43.2 Å². The average molecular weight is 392 g/mol. The molecule has 0 aliphatic heterocycles. The molecule has 2 aromatic carbocycles. The number of sulfone groups is 1. The minimum absolute atomic E-state index is 0.0776. The van der Waals surface area contributed by atoms with Crippen LogP contribution >= 0.6 is 11.6 Å². The van der Waals surface area contributed by atoms with Gasteiger partial charge in [-0.15, -0.1) is 0 Å². The second kappa shape index (κ2) is 8.35. The first-order chi connectivity index (χ1) is 12.4. The van der Waals surface area contributed by atoms with Crippen LogP contribution in [0.5, 0.6) is 0 Å². The summed E-state index contributed by atoms with van der Waals surface area (Å²) in [7, 11) is -3.66. The summed E-state index contributed by atoms with van der Waals surface area (Å²) in [5.74, 6) is -1.16. The molecule has 0 saturated carbocycles. The van der Waals surface area contributed by atoms with Crippen LogP contribution in [0.25, 0.3) is 0 Å². The summed E-state index contributed by atoms with van der Waals surface area (Å²) < 4.78 is 30.2. The van der Waals surface area contributed by atoms with Crippen molar-refractivity contribution < 1.29 is 17.9 Å². The van der Waals surface area contributed by atoms with Crippen molar-refractivity contribution in [2.45, 2.75) is 23.7 Å². The Hall–Kier alpha value is -2.36. The molecule has 0 unspecified atom stereocenters. The van der Waals surface area contributed by atoms with Crippen LogP contribution < -0.4 is 0 Å². The smallest absolute Gasteiger partial charge is 0.331 e. The maximum Gasteiger partial charge on any atom is 0.331 e. The molecular formula is C19H18ClNO4S. The number of nitrogens with zero attached hydrogens (tertiary/aromatic N) is 1. The molecule has 0 saturated heterocycles. The topological polar surface area (TPSA) is 84.2 Å². The summed E-state index contributed by atoms with van der Waals surface area (Å²) in [5.41, 5.74) is -1.43. The third kappa shape index (κ3) is 4.24. The Balaban J connectivity index is 2.42. The number of carbonyl (C=O) groups excluding carboxylic acids is 1. The van der Waals surface area contributed by atoms with Gasteiger partial charge in [0.25, 0.3) is 0 Å². The number of nitriles is 1. The molecule has 0 amide bonds. The van der Waals surface area contributed by atoms with Crippen LogP contribution in [0.2, 0.25) is 5.02 Å². The van der Waals surface area contributed by atoms with Crippen LogP contribution in [0.3, 0.4) is 0 Å². The van der Waals surface area contributed by atoms with E-state index in [4.69, 9.17) is 16.3 Å². The van der Waals surface area contributed by atoms with Crippen molar-refractivity contribution in [2.24, 2.45) is 0 Å². The zero-order valence-corrected chi connectivity index (χ0v) is 15.8. The fourth-order valence-corrected chi connectivity index (χ4v) is 4.14. The molecule has 5 nitrogen and oxygen atoms in total. The zero-order chi connectivity index (χ0) is 19.2. The molecule has 7 heteroatoms. The Morgan fingerprint density at radius 3 is 2.46 bits per heavy atom. The van der Waals surface area contributed by atoms with Gasteiger partial charge in [0.05, 0.1) is 23.3 Å². The van der Waals surface area contributed by atoms with Crippen molar-refractivity contribution in [1.82, 2.24) is 0 Å². The minimum Gasteiger partial charge on any atom is -0.465 e. The largest absolute Gasteiger partial charge is 0.465 e. The number of hydrogen-bond donors (Lipinski definition) is 0. The second-order valence-electron chi connectivity index (χ2n) is 5.63. The first kappa shape index (κ1) is 20.0. The van der Waals surface area contributed by atoms with Gasteiger partial charge >= 0.3 is 5.97 Å². The van der Waals surface area contributed by atoms with Crippen molar-refractivity contribution in [1.29, 1.82) is 5.26 Å². The second-order valence-corrected chi connectivity index (χ2v) is 8.18. The highest BCUT2D eigenvalue weighted by molar-refractivity contribution is 7.91. The molecule has 0 aromatic heterocycles. The quantitative estimate of drug-likeness (QED) is 0.674. The maximum absolute atomic E-state index is 12.6. The standard InChI is InChI=1S/C19H18ClNO4S/c1-2-25-18(22)19(14-21,15-7-6-8-16(20)13-15)11-12-26(23,24)17-9-4-3-5-10-17/h3-10,13H,2,11-12H2,1H3/t19-/m1/s1. The highest BCUT2D eigenvalue weighted by atomic mass is 35.5. The number of esters is 1. The minimum atomic E-state index is -3.66. The number of rotatable bonds is 7. The number of benzene rings is 2. The third-order valence-corrected chi connectivity index (χ3v) is 5.95. The fraction of sp³-hybridized carbons (Fsp3) is 0.263. The maximum atomic E-state index is 12.6. The van der Waals surface area contributed by atoms with E-state index < -0.39 is 21.2 Å². The lowest BCUT2D eigenvalue weighted by atomic mass is 9.79. The van der Waals surface area contributed by atoms with Crippen molar-refractivity contribution in [2.75, 3.05) is 12.4 Å². The normalized spacial score (nSPS) is 13.4. The van der Waals surface area contributed by atoms with Crippen LogP contribution in [-0.2, 0) is 24.8 Å². The van der Waals surface area contributed by atoms with Gasteiger partial charge in [0.15, 0.2) is 15.3 Å². The zero-order valence-electron chi connectivity index (χ0n) is 14.2. The first-order valence-electron chi connectivity index (χ1n) is 7.98. The van der Waals surface area contributed by atoms with E-state index in [1.54, 1.807) is 43.3 Å². The van der Waals surface area contributed by atoms with Crippen molar-refractivity contribution in [3.63, 3.8) is 0 Å². The summed E-state index contributed by atoms with van der Waals surface area (Å²) in [4.78, 5) is 12.7. The highest BCUT2D eigenvalue weighted by Gasteiger charge is 2.43. The molecule has 1 atom stereocenters. The Morgan fingerprint density at radius 2 is 1.88 bits per heavy atom. The molecule has 0 heterocycles. The van der Waals surface area contributed by atoms with Crippen LogP contribution in [0.4, 0.5) is 0 Å². The van der Waals surface area contributed by atoms with E-state index in [2.05, 4.69) is 0 Å². The lowest BCUT2D eigenvalue weighted by Crippen LogP contribution is -2.38. The average Bonchev–Trinajstić information content (AvgIpc) is 2.64. The monoisotopic (exact) mass is 391 g/mol. The van der Waals surface area contributed by atoms with Gasteiger partial charge in [-0.2, -0.15) is 5.26 Å². The summed E-state index contributed by atoms with van der Waals surface area (Å²) in [6.07, 6.45) is -0.236. The number of ether oxygens (including phenoxy) is 1. The summed E-state index contributed by atoms with van der Waals surface area (Å²) in [6, 6.07) is 16.1. The summed E-state index contributed by atoms with van der Waals surface area (Å²) in [5, 5.41) is 10.1. The molecule has 136 valence electrons. The van der Waals surface area contributed by atoms with E-state index in [-0.39, 0.29) is 23.7 Å². The molecule has 0 aliphatic rings. The van der Waals surface area contributed by atoms with Crippen molar-refractivity contribution in [3.05, 3.63) is 65.2 Å². The van der Waals surface area contributed by atoms with E-state index in [9.17, 15) is 18.5 Å². The lowest BCUT2D eigenvalue weighted by Gasteiger charge is -2.25. The molecular weight excluding hydrogens is 374 g/mol. The van der Waals surface area contributed by atoms with E-state index in [0.29, 0.717) is 10.6 Å². The molecule has 2 aromatic rings. The van der Waals surface area contributed by atoms with Gasteiger partial charge in [-0.3, -0.25) is 0 Å². The summed E-state index contributed by atoms with van der Waals surface area (Å²) >= 11 is 6.00. The van der Waals surface area contributed by atoms with E-state index in [1.807, 2.05) is 6.07 Å². The predicted molar refractivity (Wildman–Crippen MR) is 98.5 cm³/mol. The SMILES string of the molecule is CCOC(=O)[C@@](C#N)(CCS(=O)(=O)c1ccccc1)c1cccc(Cl)c1. The predicted octanol–water partition coefficient (Wildman–Crippen LogP) is 3.53. The van der Waals surface area contributed by atoms with E-state index in [0.717, 1.165) is 0 Å². The summed E-state index contributed by atoms with van der Waals surface area (Å²) in [6.45, 7) is 1.70. The Bertz CT molecular complexity index is 922. The van der Waals surface area contributed by atoms with Gasteiger partial charge in [0, 0.05) is 5.02 Å². The molecule has 0 bridgehead atoms. The third-order valence-electron chi connectivity index (χ3n) is 3.98. The van der Waals surface area contributed by atoms with Gasteiger partial charge in [0.2, 0.25) is 0 Å². The van der Waals surface area contributed by atoms with E-state index in [1.165, 1.54) is 18.2 Å². The molecule has 0 N–H and O–H groups in total. The van der Waals surface area contributed by atoms with Crippen LogP contribution in [0.1, 0.15) is 18.9 Å². The fourth-order valence-electron chi connectivity index (χ4n) is 2.57. The van der Waals surface area contributed by atoms with Crippen LogP contribution in [0.15, 0.2) is 59.5 Å². The van der Waals surface area contributed by atoms with Gasteiger partial charge < -0.3 is 4.74 Å². The van der Waals surface area contributed by atoms with Crippen molar-refractivity contribution in [3.8, 4) is 6.07 Å². The number of hydrogen-bond acceptors (Lipinski definition) is 5. The Morgan fingerprint density at radius 1 is 1.19 bits per heavy atom. The molecule has 2 rings (SSSR count). The highest BCUT2D eigenvalue weighted by Crippen LogP contribution is 2.32. The lowest BCUT2D eigenvalue weighted by molar-refractivity contribution is -0.147. The first-order valence-corrected chi connectivity index (χ1v) is 10.0. The number of halogens is 1. The van der Waals surface area contributed by atoms with Gasteiger partial charge in [-0.1, -0.05) is 41.9 Å². The Kier molecular flexibility index (Phi) is 6.41. The van der Waals surface area contributed by atoms with Gasteiger partial charge in [-0.25, -0.2) is 13.2 Å². The molecule has 0 radical (unpaired) electrons. The van der Waals surface area contributed by atoms with Gasteiger partial charge in [0.1, 0.15) is 0 Å². The van der Waals surface area contributed by atoms with Crippen molar-refractivity contribution >= 4 is 27.4 Å². The van der Waals surface area contributed by atoms with Crippen LogP contribution in [-0.4, -0.2) is 26.7 Å². The molecule has 26 heavy (non-hydrogen) atoms. The molecule has 0 aliphatic carbocycles. The Labute approximate surface area is 158 Å². The molecule has 0 fully saturated rings. The van der Waals surface area contributed by atoms with Crippen LogP contribution in [0, 0.1) is 11.3 Å².